The van der Waals surface area contributed by atoms with Gasteiger partial charge in [-0.1, -0.05) is 30.3 Å². The standard InChI is InChI=1S/C21H18N2O4/c1-2-27-19-10-8-14(23(25)26)11-16(19)17-12-20(24)22-18-9-7-13-5-3-4-6-15(13)21(17)18/h3-11,17H,2,12H2,1H3,(H,22,24)/t17-/m0/s1. The van der Waals surface area contributed by atoms with Crippen molar-refractivity contribution in [2.24, 2.45) is 0 Å². The first kappa shape index (κ1) is 17.0. The SMILES string of the molecule is CCOc1ccc([N+](=O)[O-])cc1[C@@H]1CC(=O)Nc2ccc3ccccc3c21. The van der Waals surface area contributed by atoms with Crippen molar-refractivity contribution >= 4 is 28.1 Å². The van der Waals surface area contributed by atoms with Crippen LogP contribution in [0.15, 0.2) is 54.6 Å². The monoisotopic (exact) mass is 362 g/mol. The molecule has 0 spiro atoms. The van der Waals surface area contributed by atoms with E-state index in [1.165, 1.54) is 12.1 Å². The Morgan fingerprint density at radius 3 is 2.78 bits per heavy atom. The summed E-state index contributed by atoms with van der Waals surface area (Å²) in [6.07, 6.45) is 0.211. The zero-order valence-electron chi connectivity index (χ0n) is 14.8. The van der Waals surface area contributed by atoms with Gasteiger partial charge in [-0.3, -0.25) is 14.9 Å². The zero-order chi connectivity index (χ0) is 19.0. The molecule has 0 aliphatic carbocycles. The predicted octanol–water partition coefficient (Wildman–Crippen LogP) is 4.62. The molecule has 27 heavy (non-hydrogen) atoms. The minimum Gasteiger partial charge on any atom is -0.494 e. The average molecular weight is 362 g/mol. The lowest BCUT2D eigenvalue weighted by molar-refractivity contribution is -0.384. The quantitative estimate of drug-likeness (QED) is 0.542. The van der Waals surface area contributed by atoms with Crippen LogP contribution in [-0.2, 0) is 4.79 Å². The molecule has 0 saturated carbocycles. The fourth-order valence-corrected chi connectivity index (χ4v) is 3.74. The number of ether oxygens (including phenoxy) is 1. The van der Waals surface area contributed by atoms with Crippen LogP contribution >= 0.6 is 0 Å². The van der Waals surface area contributed by atoms with Gasteiger partial charge in [-0.2, -0.15) is 0 Å². The molecule has 4 rings (SSSR count). The Morgan fingerprint density at radius 2 is 2.00 bits per heavy atom. The molecular weight excluding hydrogens is 344 g/mol. The maximum atomic E-state index is 12.3. The number of hydrogen-bond donors (Lipinski definition) is 1. The van der Waals surface area contributed by atoms with E-state index in [0.29, 0.717) is 17.9 Å². The van der Waals surface area contributed by atoms with E-state index >= 15 is 0 Å². The molecule has 1 aliphatic rings. The number of non-ortho nitro benzene ring substituents is 1. The van der Waals surface area contributed by atoms with E-state index < -0.39 is 4.92 Å². The summed E-state index contributed by atoms with van der Waals surface area (Å²) in [5.41, 5.74) is 2.36. The molecule has 1 heterocycles. The summed E-state index contributed by atoms with van der Waals surface area (Å²) in [4.78, 5) is 23.2. The molecule has 1 atom stereocenters. The Morgan fingerprint density at radius 1 is 1.19 bits per heavy atom. The van der Waals surface area contributed by atoms with Crippen LogP contribution in [0.2, 0.25) is 0 Å². The number of carbonyl (C=O) groups is 1. The highest BCUT2D eigenvalue weighted by molar-refractivity contribution is 6.01. The lowest BCUT2D eigenvalue weighted by Crippen LogP contribution is -2.24. The van der Waals surface area contributed by atoms with E-state index in [-0.39, 0.29) is 23.9 Å². The number of nitro groups is 1. The van der Waals surface area contributed by atoms with Crippen molar-refractivity contribution < 1.29 is 14.5 Å². The molecule has 1 N–H and O–H groups in total. The molecule has 6 nitrogen and oxygen atoms in total. The highest BCUT2D eigenvalue weighted by atomic mass is 16.6. The first-order valence-electron chi connectivity index (χ1n) is 8.81. The Kier molecular flexibility index (Phi) is 4.24. The van der Waals surface area contributed by atoms with Crippen molar-refractivity contribution in [2.75, 3.05) is 11.9 Å². The van der Waals surface area contributed by atoms with Gasteiger partial charge in [0.2, 0.25) is 5.91 Å². The van der Waals surface area contributed by atoms with Gasteiger partial charge in [0.15, 0.2) is 0 Å². The summed E-state index contributed by atoms with van der Waals surface area (Å²) in [5, 5.41) is 16.3. The highest BCUT2D eigenvalue weighted by Gasteiger charge is 2.31. The van der Waals surface area contributed by atoms with Crippen LogP contribution in [0.25, 0.3) is 10.8 Å². The Bertz CT molecular complexity index is 1060. The van der Waals surface area contributed by atoms with Crippen molar-refractivity contribution in [3.63, 3.8) is 0 Å². The summed E-state index contributed by atoms with van der Waals surface area (Å²) in [6.45, 7) is 2.30. The smallest absolute Gasteiger partial charge is 0.269 e. The topological polar surface area (TPSA) is 81.5 Å². The fourth-order valence-electron chi connectivity index (χ4n) is 3.74. The van der Waals surface area contributed by atoms with Gasteiger partial charge in [-0.15, -0.1) is 0 Å². The van der Waals surface area contributed by atoms with Gasteiger partial charge in [0.25, 0.3) is 5.69 Å². The van der Waals surface area contributed by atoms with Crippen LogP contribution in [0, 0.1) is 10.1 Å². The zero-order valence-corrected chi connectivity index (χ0v) is 14.8. The van der Waals surface area contributed by atoms with Crippen LogP contribution in [0.5, 0.6) is 5.75 Å². The van der Waals surface area contributed by atoms with E-state index in [9.17, 15) is 14.9 Å². The van der Waals surface area contributed by atoms with Crippen LogP contribution in [0.4, 0.5) is 11.4 Å². The molecule has 0 radical (unpaired) electrons. The van der Waals surface area contributed by atoms with Gasteiger partial charge in [0, 0.05) is 35.7 Å². The summed E-state index contributed by atoms with van der Waals surface area (Å²) < 4.78 is 5.73. The molecule has 3 aromatic rings. The molecule has 0 saturated heterocycles. The van der Waals surface area contributed by atoms with Crippen molar-refractivity contribution in [1.82, 2.24) is 0 Å². The van der Waals surface area contributed by atoms with Crippen molar-refractivity contribution in [3.8, 4) is 5.75 Å². The molecule has 0 fully saturated rings. The maximum absolute atomic E-state index is 12.3. The fraction of sp³-hybridized carbons (Fsp3) is 0.190. The molecule has 0 aromatic heterocycles. The maximum Gasteiger partial charge on any atom is 0.269 e. The van der Waals surface area contributed by atoms with Gasteiger partial charge >= 0.3 is 0 Å². The Hall–Kier alpha value is -3.41. The van der Waals surface area contributed by atoms with Crippen LogP contribution in [0.3, 0.4) is 0 Å². The average Bonchev–Trinajstić information content (AvgIpc) is 2.67. The largest absolute Gasteiger partial charge is 0.494 e. The number of nitrogens with one attached hydrogen (secondary N) is 1. The van der Waals surface area contributed by atoms with Gasteiger partial charge in [0.05, 0.1) is 11.5 Å². The summed E-state index contributed by atoms with van der Waals surface area (Å²) in [7, 11) is 0. The lowest BCUT2D eigenvalue weighted by atomic mass is 9.81. The molecule has 1 aliphatic heterocycles. The van der Waals surface area contributed by atoms with Gasteiger partial charge in [-0.25, -0.2) is 0 Å². The normalized spacial score (nSPS) is 15.9. The highest BCUT2D eigenvalue weighted by Crippen LogP contribution is 2.45. The first-order valence-corrected chi connectivity index (χ1v) is 8.81. The number of rotatable bonds is 4. The third-order valence-electron chi connectivity index (χ3n) is 4.86. The van der Waals surface area contributed by atoms with E-state index in [1.807, 2.05) is 43.3 Å². The minimum absolute atomic E-state index is 0.0128. The van der Waals surface area contributed by atoms with E-state index in [0.717, 1.165) is 22.0 Å². The van der Waals surface area contributed by atoms with Crippen LogP contribution in [-0.4, -0.2) is 17.4 Å². The number of anilines is 1. The third-order valence-corrected chi connectivity index (χ3v) is 4.86. The number of hydrogen-bond acceptors (Lipinski definition) is 4. The number of carbonyl (C=O) groups excluding carboxylic acids is 1. The predicted molar refractivity (Wildman–Crippen MR) is 103 cm³/mol. The summed E-state index contributed by atoms with van der Waals surface area (Å²) >= 11 is 0. The molecule has 6 heteroatoms. The van der Waals surface area contributed by atoms with E-state index in [1.54, 1.807) is 6.07 Å². The van der Waals surface area contributed by atoms with E-state index in [2.05, 4.69) is 5.32 Å². The summed E-state index contributed by atoms with van der Waals surface area (Å²) in [6, 6.07) is 16.4. The molecule has 0 unspecified atom stereocenters. The van der Waals surface area contributed by atoms with E-state index in [4.69, 9.17) is 4.74 Å². The molecule has 0 bridgehead atoms. The molecule has 3 aromatic carbocycles. The lowest BCUT2D eigenvalue weighted by Gasteiger charge is -2.28. The number of nitro benzene ring substituents is 1. The van der Waals surface area contributed by atoms with Crippen LogP contribution < -0.4 is 10.1 Å². The Labute approximate surface area is 155 Å². The van der Waals surface area contributed by atoms with Gasteiger partial charge in [0.1, 0.15) is 5.75 Å². The Balaban J connectivity index is 1.98. The van der Waals surface area contributed by atoms with Gasteiger partial charge in [-0.05, 0) is 35.4 Å². The molecular formula is C21H18N2O4. The second-order valence-corrected chi connectivity index (χ2v) is 6.47. The second kappa shape index (κ2) is 6.72. The van der Waals surface area contributed by atoms with Crippen molar-refractivity contribution in [3.05, 3.63) is 75.8 Å². The number of benzene rings is 3. The van der Waals surface area contributed by atoms with Crippen molar-refractivity contribution in [2.45, 2.75) is 19.3 Å². The second-order valence-electron chi connectivity index (χ2n) is 6.47. The number of fused-ring (bicyclic) bond motifs is 3. The van der Waals surface area contributed by atoms with Crippen molar-refractivity contribution in [1.29, 1.82) is 0 Å². The number of amides is 1. The number of nitrogens with zero attached hydrogens (tertiary/aromatic N) is 1. The van der Waals surface area contributed by atoms with Gasteiger partial charge < -0.3 is 10.1 Å². The molecule has 136 valence electrons. The minimum atomic E-state index is -0.424. The third kappa shape index (κ3) is 2.99. The molecule has 1 amide bonds. The summed E-state index contributed by atoms with van der Waals surface area (Å²) in [5.74, 6) is 0.139. The van der Waals surface area contributed by atoms with Crippen LogP contribution in [0.1, 0.15) is 30.4 Å². The first-order chi connectivity index (χ1) is 13.1.